The summed E-state index contributed by atoms with van der Waals surface area (Å²) in [7, 11) is 3.19. The largest absolute Gasteiger partial charge is 0.496 e. The van der Waals surface area contributed by atoms with Crippen LogP contribution in [0, 0.1) is 29.1 Å². The normalized spacial score (nSPS) is 37.4. The van der Waals surface area contributed by atoms with Crippen molar-refractivity contribution in [2.75, 3.05) is 14.2 Å². The van der Waals surface area contributed by atoms with Gasteiger partial charge in [0.05, 0.1) is 14.2 Å². The predicted molar refractivity (Wildman–Crippen MR) is 111 cm³/mol. The number of ketones is 1. The standard InChI is InChI=1S/C22H32O3.C2H6/c1-14-7-6-10-22(3)17(14)9-8-15(2)18(22)11-16-12-21(25-5)19(23)13-20(16)24-4;1-2/h11-15,17-18H,6-10H2,1-5H3;1-2H3/b16-11+;. The molecule has 0 saturated heterocycles. The van der Waals surface area contributed by atoms with Gasteiger partial charge in [-0.05, 0) is 54.4 Å². The number of hydrogen-bond acceptors (Lipinski definition) is 3. The molecule has 152 valence electrons. The van der Waals surface area contributed by atoms with Crippen molar-refractivity contribution in [2.45, 2.75) is 66.7 Å². The molecule has 0 aromatic heterocycles. The van der Waals surface area contributed by atoms with E-state index in [2.05, 4.69) is 26.8 Å². The first-order valence-corrected chi connectivity index (χ1v) is 10.7. The summed E-state index contributed by atoms with van der Waals surface area (Å²) in [4.78, 5) is 12.1. The Hall–Kier alpha value is -1.51. The fraction of sp³-hybridized carbons (Fsp3) is 0.708. The highest BCUT2D eigenvalue weighted by atomic mass is 16.5. The Bertz CT molecular complexity index is 628. The lowest BCUT2D eigenvalue weighted by Gasteiger charge is -2.55. The van der Waals surface area contributed by atoms with Gasteiger partial charge in [-0.1, -0.05) is 53.5 Å². The summed E-state index contributed by atoms with van der Waals surface area (Å²) in [5.74, 6) is 3.69. The van der Waals surface area contributed by atoms with Crippen LogP contribution in [0.2, 0.25) is 0 Å². The highest BCUT2D eigenvalue weighted by Gasteiger charge is 2.49. The fourth-order valence-electron chi connectivity index (χ4n) is 5.71. The first-order valence-electron chi connectivity index (χ1n) is 10.7. The lowest BCUT2D eigenvalue weighted by Crippen LogP contribution is -2.47. The molecular formula is C24H38O3. The maximum atomic E-state index is 12.1. The van der Waals surface area contributed by atoms with Crippen molar-refractivity contribution in [3.63, 3.8) is 0 Å². The molecule has 2 saturated carbocycles. The molecule has 0 amide bonds. The number of carbonyl (C=O) groups excluding carboxylic acids is 1. The molecule has 0 radical (unpaired) electrons. The van der Waals surface area contributed by atoms with E-state index in [4.69, 9.17) is 9.47 Å². The summed E-state index contributed by atoms with van der Waals surface area (Å²) in [6.45, 7) is 11.3. The van der Waals surface area contributed by atoms with Gasteiger partial charge in [0.25, 0.3) is 0 Å². The van der Waals surface area contributed by atoms with Crippen LogP contribution in [0.15, 0.2) is 35.3 Å². The van der Waals surface area contributed by atoms with Gasteiger partial charge in [0, 0.05) is 11.6 Å². The maximum absolute atomic E-state index is 12.1. The van der Waals surface area contributed by atoms with Crippen molar-refractivity contribution < 1.29 is 14.3 Å². The summed E-state index contributed by atoms with van der Waals surface area (Å²) in [5.41, 5.74) is 1.33. The Kier molecular flexibility index (Phi) is 7.36. The summed E-state index contributed by atoms with van der Waals surface area (Å²) in [6.07, 6.45) is 12.4. The minimum Gasteiger partial charge on any atom is -0.496 e. The second-order valence-corrected chi connectivity index (χ2v) is 8.47. The summed E-state index contributed by atoms with van der Waals surface area (Å²) in [6, 6.07) is 0. The lowest BCUT2D eigenvalue weighted by atomic mass is 9.50. The highest BCUT2D eigenvalue weighted by Crippen LogP contribution is 2.57. The molecule has 0 aromatic rings. The van der Waals surface area contributed by atoms with Gasteiger partial charge in [-0.15, -0.1) is 0 Å². The first-order chi connectivity index (χ1) is 12.9. The van der Waals surface area contributed by atoms with E-state index in [1.807, 2.05) is 19.9 Å². The number of rotatable bonds is 3. The number of allylic oxidation sites excluding steroid dienone is 3. The van der Waals surface area contributed by atoms with Crippen molar-refractivity contribution >= 4 is 5.78 Å². The van der Waals surface area contributed by atoms with E-state index in [1.165, 1.54) is 32.1 Å². The van der Waals surface area contributed by atoms with Gasteiger partial charge >= 0.3 is 0 Å². The smallest absolute Gasteiger partial charge is 0.224 e. The number of hydrogen-bond donors (Lipinski definition) is 0. The highest BCUT2D eigenvalue weighted by molar-refractivity contribution is 6.05. The van der Waals surface area contributed by atoms with E-state index in [0.717, 1.165) is 17.4 Å². The number of ether oxygens (including phenoxy) is 2. The molecule has 0 spiro atoms. The van der Waals surface area contributed by atoms with E-state index in [-0.39, 0.29) is 5.78 Å². The number of fused-ring (bicyclic) bond motifs is 1. The zero-order valence-corrected chi connectivity index (χ0v) is 18.3. The zero-order valence-electron chi connectivity index (χ0n) is 18.3. The third-order valence-corrected chi connectivity index (χ3v) is 7.09. The number of carbonyl (C=O) groups is 1. The van der Waals surface area contributed by atoms with E-state index in [9.17, 15) is 4.79 Å². The van der Waals surface area contributed by atoms with Crippen molar-refractivity contribution in [1.82, 2.24) is 0 Å². The van der Waals surface area contributed by atoms with Gasteiger partial charge in [-0.25, -0.2) is 0 Å². The Morgan fingerprint density at radius 3 is 2.30 bits per heavy atom. The predicted octanol–water partition coefficient (Wildman–Crippen LogP) is 6.07. The molecule has 2 fully saturated rings. The van der Waals surface area contributed by atoms with E-state index in [0.29, 0.717) is 28.8 Å². The molecule has 0 heterocycles. The van der Waals surface area contributed by atoms with Crippen LogP contribution in [0.4, 0.5) is 0 Å². The summed E-state index contributed by atoms with van der Waals surface area (Å²) in [5, 5.41) is 0. The first kappa shape index (κ1) is 21.8. The molecule has 0 N–H and O–H groups in total. The quantitative estimate of drug-likeness (QED) is 0.601. The van der Waals surface area contributed by atoms with Crippen LogP contribution in [-0.4, -0.2) is 20.0 Å². The summed E-state index contributed by atoms with van der Waals surface area (Å²) >= 11 is 0. The lowest BCUT2D eigenvalue weighted by molar-refractivity contribution is -0.114. The Labute approximate surface area is 165 Å². The van der Waals surface area contributed by atoms with Crippen molar-refractivity contribution in [2.24, 2.45) is 29.1 Å². The average Bonchev–Trinajstić information content (AvgIpc) is 2.66. The SMILES string of the molecule is CC.COC1=C/C(=C\C2C(C)CCC3C(C)CCCC23C)C(OC)=CC1=O. The second kappa shape index (κ2) is 9.12. The van der Waals surface area contributed by atoms with Crippen molar-refractivity contribution in [1.29, 1.82) is 0 Å². The summed E-state index contributed by atoms with van der Waals surface area (Å²) < 4.78 is 10.8. The van der Waals surface area contributed by atoms with Crippen LogP contribution in [0.1, 0.15) is 66.7 Å². The topological polar surface area (TPSA) is 35.5 Å². The van der Waals surface area contributed by atoms with Crippen LogP contribution in [0.25, 0.3) is 0 Å². The van der Waals surface area contributed by atoms with Crippen LogP contribution >= 0.6 is 0 Å². The molecule has 5 unspecified atom stereocenters. The van der Waals surface area contributed by atoms with Crippen LogP contribution < -0.4 is 0 Å². The monoisotopic (exact) mass is 374 g/mol. The molecule has 3 aliphatic rings. The van der Waals surface area contributed by atoms with Crippen LogP contribution in [0.5, 0.6) is 0 Å². The molecule has 27 heavy (non-hydrogen) atoms. The van der Waals surface area contributed by atoms with E-state index >= 15 is 0 Å². The second-order valence-electron chi connectivity index (χ2n) is 8.47. The van der Waals surface area contributed by atoms with Crippen molar-refractivity contribution in [3.05, 3.63) is 35.3 Å². The Morgan fingerprint density at radius 2 is 1.67 bits per heavy atom. The van der Waals surface area contributed by atoms with Gasteiger partial charge in [-0.3, -0.25) is 4.79 Å². The fourth-order valence-corrected chi connectivity index (χ4v) is 5.71. The maximum Gasteiger partial charge on any atom is 0.224 e. The van der Waals surface area contributed by atoms with Gasteiger partial charge in [0.1, 0.15) is 5.76 Å². The van der Waals surface area contributed by atoms with Gasteiger partial charge in [-0.2, -0.15) is 0 Å². The molecule has 0 bridgehead atoms. The Balaban J connectivity index is 0.00000126. The molecule has 0 aliphatic heterocycles. The molecule has 3 aliphatic carbocycles. The number of methoxy groups -OCH3 is 2. The molecule has 3 rings (SSSR count). The third kappa shape index (κ3) is 4.17. The average molecular weight is 375 g/mol. The van der Waals surface area contributed by atoms with Crippen molar-refractivity contribution in [3.8, 4) is 0 Å². The third-order valence-electron chi connectivity index (χ3n) is 7.09. The molecular weight excluding hydrogens is 336 g/mol. The molecule has 3 heteroatoms. The molecule has 0 aromatic carbocycles. The van der Waals surface area contributed by atoms with Gasteiger partial charge in [0.2, 0.25) is 5.78 Å². The van der Waals surface area contributed by atoms with Crippen LogP contribution in [-0.2, 0) is 14.3 Å². The molecule has 5 atom stereocenters. The zero-order chi connectivity index (χ0) is 20.2. The minimum atomic E-state index is -0.122. The van der Waals surface area contributed by atoms with Crippen LogP contribution in [0.3, 0.4) is 0 Å². The van der Waals surface area contributed by atoms with Gasteiger partial charge in [0.15, 0.2) is 5.76 Å². The van der Waals surface area contributed by atoms with E-state index in [1.54, 1.807) is 20.3 Å². The van der Waals surface area contributed by atoms with E-state index < -0.39 is 0 Å². The minimum absolute atomic E-state index is 0.122. The molecule has 3 nitrogen and oxygen atoms in total. The van der Waals surface area contributed by atoms with Gasteiger partial charge < -0.3 is 9.47 Å². The Morgan fingerprint density at radius 1 is 1.00 bits per heavy atom.